The smallest absolute Gasteiger partial charge is 0.320 e. The number of ether oxygens (including phenoxy) is 2. The number of hydrogen-bond donors (Lipinski definition) is 0. The zero-order valence-corrected chi connectivity index (χ0v) is 26.9. The fraction of sp³-hybridized carbons (Fsp3) is 0.657. The average molecular weight is 622 g/mol. The van der Waals surface area contributed by atoms with Gasteiger partial charge in [0.25, 0.3) is 5.91 Å². The maximum Gasteiger partial charge on any atom is 0.320 e. The van der Waals surface area contributed by atoms with Crippen molar-refractivity contribution in [3.63, 3.8) is 0 Å². The lowest BCUT2D eigenvalue weighted by Crippen LogP contribution is -2.62. The molecule has 1 saturated carbocycles. The van der Waals surface area contributed by atoms with Gasteiger partial charge >= 0.3 is 5.97 Å². The number of piperazine rings is 1. The monoisotopic (exact) mass is 621 g/mol. The number of furan rings is 1. The highest BCUT2D eigenvalue weighted by Crippen LogP contribution is 2.56. The van der Waals surface area contributed by atoms with Gasteiger partial charge in [-0.2, -0.15) is 0 Å². The summed E-state index contributed by atoms with van der Waals surface area (Å²) in [7, 11) is 1.41. The molecule has 244 valence electrons. The zero-order valence-electron chi connectivity index (χ0n) is 26.9. The summed E-state index contributed by atoms with van der Waals surface area (Å²) < 4.78 is 17.5. The molecule has 1 aromatic rings. The van der Waals surface area contributed by atoms with Crippen LogP contribution in [0.2, 0.25) is 0 Å². The topological polar surface area (TPSA) is 110 Å². The number of amides is 3. The summed E-state index contributed by atoms with van der Waals surface area (Å²) >= 11 is 0. The number of methoxy groups -OCH3 is 1. The Balaban J connectivity index is 1.26. The molecule has 0 bridgehead atoms. The SMILES string of the molecule is COC(=O)[C@]12C[C@H](CC(=O)N3CCN(C(=O)c4ccco4)CC3)C(=O)N(CCC3=CCCCC3)C1=C[C@H](C(C)C)O[C@@H]2C1CC1. The standard InChI is InChI=1S/C35H47N3O7/c1-23(2)28-21-29-35(34(42)43-3,31(45-28)25-11-12-25)22-26(32(40)38(29)14-13-24-8-5-4-6-9-24)20-30(39)36-15-17-37(18-16-36)33(41)27-10-7-19-44-27/h7-8,10,19,21,23,25-26,28,31H,4-6,9,11-18,20,22H2,1-3H3/t26-,28+,31+,35+/m0/s1. The van der Waals surface area contributed by atoms with E-state index in [1.54, 1.807) is 21.9 Å². The first-order valence-corrected chi connectivity index (χ1v) is 16.8. The van der Waals surface area contributed by atoms with E-state index >= 15 is 0 Å². The Morgan fingerprint density at radius 3 is 2.47 bits per heavy atom. The van der Waals surface area contributed by atoms with Crippen LogP contribution >= 0.6 is 0 Å². The predicted molar refractivity (Wildman–Crippen MR) is 166 cm³/mol. The Morgan fingerprint density at radius 2 is 1.84 bits per heavy atom. The number of hydrogen-bond acceptors (Lipinski definition) is 7. The number of fused-ring (bicyclic) bond motifs is 1. The quantitative estimate of drug-likeness (QED) is 0.294. The van der Waals surface area contributed by atoms with Crippen LogP contribution in [-0.4, -0.2) is 90.4 Å². The van der Waals surface area contributed by atoms with Gasteiger partial charge < -0.3 is 28.6 Å². The molecule has 3 aliphatic heterocycles. The highest BCUT2D eigenvalue weighted by molar-refractivity contribution is 5.93. The summed E-state index contributed by atoms with van der Waals surface area (Å²) in [5, 5.41) is 0. The van der Waals surface area contributed by atoms with Crippen LogP contribution in [0, 0.1) is 23.2 Å². The first-order chi connectivity index (χ1) is 21.7. The molecule has 0 aromatic carbocycles. The van der Waals surface area contributed by atoms with Crippen molar-refractivity contribution in [3.05, 3.63) is 47.6 Å². The minimum atomic E-state index is -1.14. The third kappa shape index (κ3) is 6.22. The molecular weight excluding hydrogens is 574 g/mol. The van der Waals surface area contributed by atoms with Gasteiger partial charge in [0.2, 0.25) is 11.8 Å². The van der Waals surface area contributed by atoms with E-state index in [1.165, 1.54) is 25.4 Å². The Labute approximate surface area is 265 Å². The summed E-state index contributed by atoms with van der Waals surface area (Å²) in [4.78, 5) is 60.1. The summed E-state index contributed by atoms with van der Waals surface area (Å²) in [5.74, 6) is -0.839. The molecule has 3 amide bonds. The van der Waals surface area contributed by atoms with Crippen molar-refractivity contribution in [2.24, 2.45) is 23.2 Å². The highest BCUT2D eigenvalue weighted by atomic mass is 16.5. The molecular formula is C35H47N3O7. The maximum atomic E-state index is 14.4. The van der Waals surface area contributed by atoms with E-state index in [9.17, 15) is 19.2 Å². The summed E-state index contributed by atoms with van der Waals surface area (Å²) in [6.45, 7) is 6.19. The molecule has 45 heavy (non-hydrogen) atoms. The number of allylic oxidation sites excluding steroid dienone is 1. The Bertz CT molecular complexity index is 1340. The van der Waals surface area contributed by atoms with Crippen LogP contribution in [0.15, 0.2) is 46.2 Å². The third-order valence-electron chi connectivity index (χ3n) is 10.4. The van der Waals surface area contributed by atoms with Gasteiger partial charge in [-0.3, -0.25) is 19.2 Å². The number of esters is 1. The molecule has 4 heterocycles. The van der Waals surface area contributed by atoms with Crippen molar-refractivity contribution in [2.75, 3.05) is 39.8 Å². The first-order valence-electron chi connectivity index (χ1n) is 16.8. The fourth-order valence-electron chi connectivity index (χ4n) is 7.72. The maximum absolute atomic E-state index is 14.4. The average Bonchev–Trinajstić information content (AvgIpc) is 3.76. The van der Waals surface area contributed by atoms with Crippen molar-refractivity contribution < 1.29 is 33.1 Å². The van der Waals surface area contributed by atoms with Gasteiger partial charge in [0.15, 0.2) is 5.76 Å². The van der Waals surface area contributed by atoms with Gasteiger partial charge in [-0.15, -0.1) is 0 Å². The Hall–Kier alpha value is -3.40. The molecule has 5 aliphatic rings. The van der Waals surface area contributed by atoms with E-state index in [0.29, 0.717) is 38.4 Å². The number of carbonyl (C=O) groups is 4. The minimum absolute atomic E-state index is 0.00117. The fourth-order valence-corrected chi connectivity index (χ4v) is 7.72. The second-order valence-corrected chi connectivity index (χ2v) is 13.7. The number of nitrogens with zero attached hydrogens (tertiary/aromatic N) is 3. The van der Waals surface area contributed by atoms with E-state index < -0.39 is 17.4 Å². The second-order valence-electron chi connectivity index (χ2n) is 13.7. The van der Waals surface area contributed by atoms with Crippen LogP contribution in [0.4, 0.5) is 0 Å². The van der Waals surface area contributed by atoms with Gasteiger partial charge in [0.1, 0.15) is 5.41 Å². The van der Waals surface area contributed by atoms with Gasteiger partial charge in [-0.05, 0) is 81.4 Å². The molecule has 0 N–H and O–H groups in total. The molecule has 2 aliphatic carbocycles. The van der Waals surface area contributed by atoms with E-state index in [4.69, 9.17) is 13.9 Å². The highest BCUT2D eigenvalue weighted by Gasteiger charge is 2.64. The number of rotatable bonds is 9. The van der Waals surface area contributed by atoms with Crippen LogP contribution < -0.4 is 0 Å². The summed E-state index contributed by atoms with van der Waals surface area (Å²) in [6.07, 6.45) is 12.4. The lowest BCUT2D eigenvalue weighted by Gasteiger charge is -2.53. The molecule has 2 saturated heterocycles. The normalized spacial score (nSPS) is 28.8. The Kier molecular flexibility index (Phi) is 9.22. The van der Waals surface area contributed by atoms with Crippen molar-refractivity contribution >= 4 is 23.7 Å². The molecule has 0 unspecified atom stereocenters. The van der Waals surface area contributed by atoms with Gasteiger partial charge in [-0.25, -0.2) is 0 Å². The van der Waals surface area contributed by atoms with Gasteiger partial charge in [0.05, 0.1) is 25.6 Å². The predicted octanol–water partition coefficient (Wildman–Crippen LogP) is 4.57. The number of likely N-dealkylation sites (tertiary alicyclic amines) is 1. The van der Waals surface area contributed by atoms with E-state index in [1.807, 2.05) is 11.0 Å². The first kappa shape index (κ1) is 31.6. The van der Waals surface area contributed by atoms with Crippen molar-refractivity contribution in [1.82, 2.24) is 14.7 Å². The molecule has 0 radical (unpaired) electrons. The largest absolute Gasteiger partial charge is 0.468 e. The molecule has 0 spiro atoms. The lowest BCUT2D eigenvalue weighted by atomic mass is 9.64. The lowest BCUT2D eigenvalue weighted by molar-refractivity contribution is -0.182. The molecule has 10 nitrogen and oxygen atoms in total. The van der Waals surface area contributed by atoms with E-state index in [0.717, 1.165) is 38.5 Å². The van der Waals surface area contributed by atoms with Crippen LogP contribution in [0.1, 0.15) is 82.2 Å². The minimum Gasteiger partial charge on any atom is -0.468 e. The molecule has 3 fully saturated rings. The van der Waals surface area contributed by atoms with E-state index in [-0.39, 0.29) is 60.2 Å². The van der Waals surface area contributed by atoms with Crippen LogP contribution in [0.5, 0.6) is 0 Å². The van der Waals surface area contributed by atoms with Gasteiger partial charge in [-0.1, -0.05) is 25.5 Å². The third-order valence-corrected chi connectivity index (χ3v) is 10.4. The van der Waals surface area contributed by atoms with Crippen molar-refractivity contribution in [2.45, 2.75) is 83.8 Å². The Morgan fingerprint density at radius 1 is 1.09 bits per heavy atom. The van der Waals surface area contributed by atoms with Gasteiger partial charge in [0, 0.05) is 50.8 Å². The van der Waals surface area contributed by atoms with Crippen molar-refractivity contribution in [3.8, 4) is 0 Å². The van der Waals surface area contributed by atoms with Crippen LogP contribution in [0.3, 0.4) is 0 Å². The second kappa shape index (κ2) is 13.1. The molecule has 10 heteroatoms. The molecule has 6 rings (SSSR count). The molecule has 1 aromatic heterocycles. The zero-order chi connectivity index (χ0) is 31.7. The molecule has 4 atom stereocenters. The number of carbonyl (C=O) groups excluding carboxylic acids is 4. The summed E-state index contributed by atoms with van der Waals surface area (Å²) in [6, 6.07) is 3.32. The summed E-state index contributed by atoms with van der Waals surface area (Å²) in [5.41, 5.74) is 0.922. The van der Waals surface area contributed by atoms with Crippen LogP contribution in [0.25, 0.3) is 0 Å². The van der Waals surface area contributed by atoms with Crippen LogP contribution in [-0.2, 0) is 23.9 Å². The number of piperidine rings is 1. The van der Waals surface area contributed by atoms with Crippen molar-refractivity contribution in [1.29, 1.82) is 0 Å². The van der Waals surface area contributed by atoms with E-state index in [2.05, 4.69) is 19.9 Å².